The summed E-state index contributed by atoms with van der Waals surface area (Å²) < 4.78 is 39.7. The van der Waals surface area contributed by atoms with E-state index in [-0.39, 0.29) is 30.9 Å². The van der Waals surface area contributed by atoms with E-state index in [4.69, 9.17) is 5.11 Å². The van der Waals surface area contributed by atoms with Crippen molar-refractivity contribution in [3.63, 3.8) is 0 Å². The fraction of sp³-hybridized carbons (Fsp3) is 0.222. The molecule has 1 aliphatic heterocycles. The standard InChI is InChI=1S/C12H11F2N3O2.C6H5F/c13-12(14)2-4-16(7-12)8-1-3-17-10(5-8)9(6-15-17)11(18)19;7-6-4-2-1-3-5-6/h1,3,5-6H,2,4,7H2,(H,18,19);1-5H. The number of carboxylic acid groups (broad SMARTS) is 1. The zero-order valence-electron chi connectivity index (χ0n) is 13.6. The van der Waals surface area contributed by atoms with Gasteiger partial charge in [0.2, 0.25) is 0 Å². The largest absolute Gasteiger partial charge is 0.478 e. The van der Waals surface area contributed by atoms with Crippen molar-refractivity contribution in [3.8, 4) is 0 Å². The van der Waals surface area contributed by atoms with E-state index in [1.165, 1.54) is 22.8 Å². The van der Waals surface area contributed by atoms with Gasteiger partial charge in [0.1, 0.15) is 11.4 Å². The van der Waals surface area contributed by atoms with Crippen LogP contribution in [0.25, 0.3) is 5.52 Å². The van der Waals surface area contributed by atoms with Crippen molar-refractivity contribution < 1.29 is 23.1 Å². The number of carbonyl (C=O) groups is 1. The summed E-state index contributed by atoms with van der Waals surface area (Å²) in [5.74, 6) is -3.94. The predicted octanol–water partition coefficient (Wildman–Crippen LogP) is 3.70. The second-order valence-corrected chi connectivity index (χ2v) is 5.90. The fourth-order valence-corrected chi connectivity index (χ4v) is 2.70. The van der Waals surface area contributed by atoms with Gasteiger partial charge in [-0.2, -0.15) is 5.10 Å². The molecule has 1 N–H and O–H groups in total. The Bertz CT molecular complexity index is 912. The van der Waals surface area contributed by atoms with Crippen LogP contribution in [0.3, 0.4) is 0 Å². The molecule has 1 fully saturated rings. The lowest BCUT2D eigenvalue weighted by atomic mass is 10.2. The first-order valence-corrected chi connectivity index (χ1v) is 7.90. The van der Waals surface area contributed by atoms with Gasteiger partial charge in [-0.15, -0.1) is 0 Å². The molecule has 1 saturated heterocycles. The SMILES string of the molecule is Fc1ccccc1.O=C(O)c1cnn2ccc(N3CCC(F)(F)C3)cc12. The highest BCUT2D eigenvalue weighted by Gasteiger charge is 2.38. The van der Waals surface area contributed by atoms with E-state index >= 15 is 0 Å². The Morgan fingerprint density at radius 2 is 1.92 bits per heavy atom. The maximum atomic E-state index is 13.2. The van der Waals surface area contributed by atoms with Gasteiger partial charge in [0, 0.05) is 24.8 Å². The van der Waals surface area contributed by atoms with Crippen LogP contribution in [0.1, 0.15) is 16.8 Å². The smallest absolute Gasteiger partial charge is 0.339 e. The predicted molar refractivity (Wildman–Crippen MR) is 90.3 cm³/mol. The molecule has 5 nitrogen and oxygen atoms in total. The van der Waals surface area contributed by atoms with Gasteiger partial charge < -0.3 is 10.0 Å². The highest BCUT2D eigenvalue weighted by atomic mass is 19.3. The summed E-state index contributed by atoms with van der Waals surface area (Å²) in [4.78, 5) is 12.6. The molecule has 1 aromatic carbocycles. The quantitative estimate of drug-likeness (QED) is 0.754. The van der Waals surface area contributed by atoms with E-state index in [0.717, 1.165) is 0 Å². The average Bonchev–Trinajstić information content (AvgIpc) is 3.18. The number of anilines is 1. The first-order chi connectivity index (χ1) is 12.4. The molecule has 0 atom stereocenters. The van der Waals surface area contributed by atoms with Crippen LogP contribution in [0.5, 0.6) is 0 Å². The molecule has 0 spiro atoms. The molecule has 0 bridgehead atoms. The van der Waals surface area contributed by atoms with Gasteiger partial charge in [-0.3, -0.25) is 0 Å². The van der Waals surface area contributed by atoms with Crippen molar-refractivity contribution in [3.05, 3.63) is 66.2 Å². The zero-order chi connectivity index (χ0) is 18.7. The number of pyridine rings is 1. The van der Waals surface area contributed by atoms with Gasteiger partial charge in [0.05, 0.1) is 18.3 Å². The molecule has 0 saturated carbocycles. The Balaban J connectivity index is 0.000000236. The van der Waals surface area contributed by atoms with Gasteiger partial charge in [0.15, 0.2) is 0 Å². The number of alkyl halides is 2. The first kappa shape index (κ1) is 17.8. The number of aromatic carboxylic acids is 1. The Morgan fingerprint density at radius 1 is 1.19 bits per heavy atom. The van der Waals surface area contributed by atoms with Crippen molar-refractivity contribution in [2.45, 2.75) is 12.3 Å². The fourth-order valence-electron chi connectivity index (χ4n) is 2.70. The molecular formula is C18H16F3N3O2. The number of aromatic nitrogens is 2. The number of fused-ring (bicyclic) bond motifs is 1. The van der Waals surface area contributed by atoms with Crippen LogP contribution in [0.4, 0.5) is 18.9 Å². The van der Waals surface area contributed by atoms with Crippen LogP contribution < -0.4 is 4.90 Å². The van der Waals surface area contributed by atoms with Gasteiger partial charge in [0.25, 0.3) is 5.92 Å². The van der Waals surface area contributed by atoms with E-state index in [1.807, 2.05) is 0 Å². The Kier molecular flexibility index (Phi) is 4.83. The molecule has 0 radical (unpaired) electrons. The average molecular weight is 363 g/mol. The normalized spacial score (nSPS) is 15.6. The maximum Gasteiger partial charge on any atom is 0.339 e. The van der Waals surface area contributed by atoms with Crippen LogP contribution in [0, 0.1) is 5.82 Å². The van der Waals surface area contributed by atoms with E-state index in [0.29, 0.717) is 11.2 Å². The Labute approximate surface area is 147 Å². The van der Waals surface area contributed by atoms with Gasteiger partial charge in [-0.05, 0) is 24.3 Å². The van der Waals surface area contributed by atoms with Gasteiger partial charge >= 0.3 is 5.97 Å². The molecule has 2 aromatic heterocycles. The van der Waals surface area contributed by atoms with Crippen LogP contribution >= 0.6 is 0 Å². The topological polar surface area (TPSA) is 57.8 Å². The highest BCUT2D eigenvalue weighted by molar-refractivity contribution is 5.95. The molecule has 3 aromatic rings. The van der Waals surface area contributed by atoms with Gasteiger partial charge in [-0.25, -0.2) is 22.5 Å². The molecule has 0 amide bonds. The van der Waals surface area contributed by atoms with E-state index < -0.39 is 11.9 Å². The summed E-state index contributed by atoms with van der Waals surface area (Å²) in [5, 5.41) is 12.9. The molecule has 0 aliphatic carbocycles. The number of hydrogen-bond donors (Lipinski definition) is 1. The molecule has 136 valence electrons. The molecular weight excluding hydrogens is 347 g/mol. The summed E-state index contributed by atoms with van der Waals surface area (Å²) in [6.07, 6.45) is 2.65. The summed E-state index contributed by atoms with van der Waals surface area (Å²) in [6.45, 7) is -0.0700. The third kappa shape index (κ3) is 3.96. The number of hydrogen-bond acceptors (Lipinski definition) is 3. The summed E-state index contributed by atoms with van der Waals surface area (Å²) in [7, 11) is 0. The van der Waals surface area contributed by atoms with Crippen LogP contribution in [-0.2, 0) is 0 Å². The number of nitrogens with zero attached hydrogens (tertiary/aromatic N) is 3. The Morgan fingerprint density at radius 3 is 2.46 bits per heavy atom. The van der Waals surface area contributed by atoms with Crippen molar-refractivity contribution >= 4 is 17.2 Å². The molecule has 3 heterocycles. The second-order valence-electron chi connectivity index (χ2n) is 5.90. The maximum absolute atomic E-state index is 13.2. The van der Waals surface area contributed by atoms with Crippen molar-refractivity contribution in [2.75, 3.05) is 18.0 Å². The molecule has 1 aliphatic rings. The molecule has 8 heteroatoms. The summed E-state index contributed by atoms with van der Waals surface area (Å²) in [6, 6.07) is 11.2. The number of rotatable bonds is 2. The van der Waals surface area contributed by atoms with Crippen LogP contribution in [-0.4, -0.2) is 39.7 Å². The van der Waals surface area contributed by atoms with Crippen molar-refractivity contribution in [1.29, 1.82) is 0 Å². The van der Waals surface area contributed by atoms with Crippen LogP contribution in [0.2, 0.25) is 0 Å². The zero-order valence-corrected chi connectivity index (χ0v) is 13.6. The Hall–Kier alpha value is -3.03. The summed E-state index contributed by atoms with van der Waals surface area (Å²) in [5.41, 5.74) is 1.06. The third-order valence-electron chi connectivity index (χ3n) is 4.00. The van der Waals surface area contributed by atoms with Crippen molar-refractivity contribution in [1.82, 2.24) is 9.61 Å². The molecule has 0 unspecified atom stereocenters. The van der Waals surface area contributed by atoms with Gasteiger partial charge in [-0.1, -0.05) is 18.2 Å². The lowest BCUT2D eigenvalue weighted by Gasteiger charge is -2.18. The first-order valence-electron chi connectivity index (χ1n) is 7.90. The van der Waals surface area contributed by atoms with E-state index in [2.05, 4.69) is 5.10 Å². The third-order valence-corrected chi connectivity index (χ3v) is 4.00. The monoisotopic (exact) mass is 363 g/mol. The minimum Gasteiger partial charge on any atom is -0.478 e. The van der Waals surface area contributed by atoms with Crippen LogP contribution in [0.15, 0.2) is 54.9 Å². The minimum absolute atomic E-state index is 0.0628. The minimum atomic E-state index is -2.68. The highest BCUT2D eigenvalue weighted by Crippen LogP contribution is 2.31. The number of carboxylic acids is 1. The van der Waals surface area contributed by atoms with E-state index in [1.54, 1.807) is 41.4 Å². The molecule has 4 rings (SSSR count). The lowest BCUT2D eigenvalue weighted by Crippen LogP contribution is -2.24. The molecule has 26 heavy (non-hydrogen) atoms. The van der Waals surface area contributed by atoms with E-state index in [9.17, 15) is 18.0 Å². The number of benzene rings is 1. The second kappa shape index (κ2) is 7.07. The summed E-state index contributed by atoms with van der Waals surface area (Å²) >= 11 is 0. The lowest BCUT2D eigenvalue weighted by molar-refractivity contribution is 0.0257. The van der Waals surface area contributed by atoms with Crippen molar-refractivity contribution in [2.24, 2.45) is 0 Å². The number of halogens is 3.